The largest absolute Gasteiger partial charge is 0.381 e. The molecule has 0 bridgehead atoms. The van der Waals surface area contributed by atoms with Crippen LogP contribution in [0.3, 0.4) is 0 Å². The maximum Gasteiger partial charge on any atom is 0.240 e. The fourth-order valence-electron chi connectivity index (χ4n) is 2.05. The van der Waals surface area contributed by atoms with Crippen molar-refractivity contribution in [3.05, 3.63) is 24.3 Å². The number of rotatable bonds is 4. The Morgan fingerprint density at radius 2 is 2.11 bits per heavy atom. The molecule has 1 heterocycles. The van der Waals surface area contributed by atoms with Crippen LogP contribution in [0.5, 0.6) is 0 Å². The summed E-state index contributed by atoms with van der Waals surface area (Å²) in [6.07, 6.45) is 3.41. The highest BCUT2D eigenvalue weighted by Gasteiger charge is 2.16. The average molecular weight is 270 g/mol. The van der Waals surface area contributed by atoms with Crippen LogP contribution in [0.15, 0.2) is 29.2 Å². The molecule has 2 rings (SSSR count). The average Bonchev–Trinajstić information content (AvgIpc) is 2.37. The summed E-state index contributed by atoms with van der Waals surface area (Å²) < 4.78 is 28.4. The van der Waals surface area contributed by atoms with Gasteiger partial charge in [0.15, 0.2) is 0 Å². The molecule has 6 heteroatoms. The monoisotopic (exact) mass is 270 g/mol. The smallest absolute Gasteiger partial charge is 0.240 e. The second-order valence-corrected chi connectivity index (χ2v) is 5.94. The highest BCUT2D eigenvalue weighted by Crippen LogP contribution is 2.20. The summed E-state index contributed by atoms with van der Waals surface area (Å²) >= 11 is 0. The number of ether oxygens (including phenoxy) is 1. The van der Waals surface area contributed by atoms with Gasteiger partial charge in [-0.3, -0.25) is 0 Å². The zero-order valence-electron chi connectivity index (χ0n) is 10.1. The first-order valence-electron chi connectivity index (χ1n) is 6.04. The summed E-state index contributed by atoms with van der Waals surface area (Å²) in [6, 6.07) is 6.64. The number of para-hydroxylation sites is 1. The van der Waals surface area contributed by atoms with Crippen molar-refractivity contribution in [3.63, 3.8) is 0 Å². The van der Waals surface area contributed by atoms with Gasteiger partial charge in [0.1, 0.15) is 4.90 Å². The second-order valence-electron chi connectivity index (χ2n) is 4.41. The highest BCUT2D eigenvalue weighted by atomic mass is 32.2. The van der Waals surface area contributed by atoms with E-state index >= 15 is 0 Å². The zero-order chi connectivity index (χ0) is 13.0. The molecule has 100 valence electrons. The first kappa shape index (κ1) is 13.3. The SMILES string of the molecule is NS(=O)(=O)c1ccccc1NCC1CCCCO1. The Morgan fingerprint density at radius 1 is 1.33 bits per heavy atom. The molecule has 0 aromatic heterocycles. The van der Waals surface area contributed by atoms with Crippen molar-refractivity contribution in [2.45, 2.75) is 30.3 Å². The molecule has 3 N–H and O–H groups in total. The third-order valence-corrected chi connectivity index (χ3v) is 3.96. The van der Waals surface area contributed by atoms with Gasteiger partial charge in [0, 0.05) is 13.2 Å². The normalized spacial score (nSPS) is 20.6. The van der Waals surface area contributed by atoms with Crippen LogP contribution >= 0.6 is 0 Å². The molecule has 5 nitrogen and oxygen atoms in total. The van der Waals surface area contributed by atoms with E-state index in [1.807, 2.05) is 0 Å². The quantitative estimate of drug-likeness (QED) is 0.864. The molecule has 1 unspecified atom stereocenters. The molecule has 0 aliphatic carbocycles. The molecule has 0 amide bonds. The summed E-state index contributed by atoms with van der Waals surface area (Å²) in [6.45, 7) is 1.38. The van der Waals surface area contributed by atoms with E-state index in [0.29, 0.717) is 12.2 Å². The number of primary sulfonamides is 1. The van der Waals surface area contributed by atoms with Crippen molar-refractivity contribution in [1.82, 2.24) is 0 Å². The number of anilines is 1. The second kappa shape index (κ2) is 5.69. The van der Waals surface area contributed by atoms with Crippen molar-refractivity contribution in [3.8, 4) is 0 Å². The lowest BCUT2D eigenvalue weighted by Gasteiger charge is -2.23. The molecular weight excluding hydrogens is 252 g/mol. The Balaban J connectivity index is 2.05. The van der Waals surface area contributed by atoms with E-state index in [-0.39, 0.29) is 11.0 Å². The van der Waals surface area contributed by atoms with Crippen molar-refractivity contribution in [2.75, 3.05) is 18.5 Å². The van der Waals surface area contributed by atoms with Crippen LogP contribution in [0.25, 0.3) is 0 Å². The van der Waals surface area contributed by atoms with E-state index in [9.17, 15) is 8.42 Å². The third kappa shape index (κ3) is 3.44. The van der Waals surface area contributed by atoms with E-state index in [1.54, 1.807) is 18.2 Å². The van der Waals surface area contributed by atoms with Crippen molar-refractivity contribution in [1.29, 1.82) is 0 Å². The van der Waals surface area contributed by atoms with Gasteiger partial charge < -0.3 is 10.1 Å². The van der Waals surface area contributed by atoms with Crippen molar-refractivity contribution >= 4 is 15.7 Å². The van der Waals surface area contributed by atoms with E-state index < -0.39 is 10.0 Å². The molecule has 1 atom stereocenters. The number of sulfonamides is 1. The molecule has 1 fully saturated rings. The summed E-state index contributed by atoms with van der Waals surface area (Å²) in [5, 5.41) is 8.27. The first-order chi connectivity index (χ1) is 8.57. The van der Waals surface area contributed by atoms with Crippen LogP contribution in [0.4, 0.5) is 5.69 Å². The first-order valence-corrected chi connectivity index (χ1v) is 7.59. The number of hydrogen-bond acceptors (Lipinski definition) is 4. The maximum atomic E-state index is 11.4. The van der Waals surface area contributed by atoms with E-state index in [0.717, 1.165) is 25.9 Å². The lowest BCUT2D eigenvalue weighted by atomic mass is 10.1. The summed E-state index contributed by atoms with van der Waals surface area (Å²) in [7, 11) is -3.69. The van der Waals surface area contributed by atoms with Gasteiger partial charge in [-0.05, 0) is 31.4 Å². The predicted octanol–water partition coefficient (Wildman–Crippen LogP) is 1.31. The van der Waals surface area contributed by atoms with Crippen LogP contribution in [-0.4, -0.2) is 27.7 Å². The van der Waals surface area contributed by atoms with Crippen LogP contribution < -0.4 is 10.5 Å². The third-order valence-electron chi connectivity index (χ3n) is 2.99. The molecule has 1 aliphatic rings. The number of benzene rings is 1. The molecule has 0 radical (unpaired) electrons. The maximum absolute atomic E-state index is 11.4. The Labute approximate surface area is 107 Å². The molecule has 0 saturated carbocycles. The molecule has 0 spiro atoms. The Hall–Kier alpha value is -1.11. The van der Waals surface area contributed by atoms with Crippen LogP contribution in [0.2, 0.25) is 0 Å². The molecule has 1 aliphatic heterocycles. The Bertz CT molecular complexity index is 496. The van der Waals surface area contributed by atoms with Crippen molar-refractivity contribution in [2.24, 2.45) is 5.14 Å². The summed E-state index contributed by atoms with van der Waals surface area (Å²) in [5.74, 6) is 0. The summed E-state index contributed by atoms with van der Waals surface area (Å²) in [4.78, 5) is 0.126. The number of nitrogens with two attached hydrogens (primary N) is 1. The minimum absolute atomic E-state index is 0.126. The molecule has 1 aromatic carbocycles. The molecule has 1 saturated heterocycles. The van der Waals surface area contributed by atoms with Crippen molar-refractivity contribution < 1.29 is 13.2 Å². The predicted molar refractivity (Wildman–Crippen MR) is 69.9 cm³/mol. The fourth-order valence-corrected chi connectivity index (χ4v) is 2.77. The molecule has 18 heavy (non-hydrogen) atoms. The minimum atomic E-state index is -3.69. The van der Waals surface area contributed by atoms with Gasteiger partial charge in [-0.1, -0.05) is 12.1 Å². The highest BCUT2D eigenvalue weighted by molar-refractivity contribution is 7.89. The Kier molecular flexibility index (Phi) is 4.21. The van der Waals surface area contributed by atoms with Gasteiger partial charge in [0.05, 0.1) is 11.8 Å². The van der Waals surface area contributed by atoms with Gasteiger partial charge in [-0.2, -0.15) is 0 Å². The van der Waals surface area contributed by atoms with Gasteiger partial charge in [-0.25, -0.2) is 13.6 Å². The lowest BCUT2D eigenvalue weighted by molar-refractivity contribution is 0.0247. The minimum Gasteiger partial charge on any atom is -0.381 e. The molecular formula is C12H18N2O3S. The van der Waals surface area contributed by atoms with Gasteiger partial charge in [-0.15, -0.1) is 0 Å². The van der Waals surface area contributed by atoms with E-state index in [2.05, 4.69) is 5.32 Å². The number of nitrogens with one attached hydrogen (secondary N) is 1. The van der Waals surface area contributed by atoms with Crippen LogP contribution in [-0.2, 0) is 14.8 Å². The van der Waals surface area contributed by atoms with Crippen LogP contribution in [0.1, 0.15) is 19.3 Å². The van der Waals surface area contributed by atoms with Crippen LogP contribution in [0, 0.1) is 0 Å². The summed E-state index contributed by atoms with van der Waals surface area (Å²) in [5.41, 5.74) is 0.536. The standard InChI is InChI=1S/C12H18N2O3S/c13-18(15,16)12-7-2-1-6-11(12)14-9-10-5-3-4-8-17-10/h1-2,6-7,10,14H,3-5,8-9H2,(H2,13,15,16). The van der Waals surface area contributed by atoms with Gasteiger partial charge in [0.25, 0.3) is 0 Å². The Morgan fingerprint density at radius 3 is 2.78 bits per heavy atom. The van der Waals surface area contributed by atoms with E-state index in [1.165, 1.54) is 6.07 Å². The zero-order valence-corrected chi connectivity index (χ0v) is 10.9. The lowest BCUT2D eigenvalue weighted by Crippen LogP contribution is -2.27. The van der Waals surface area contributed by atoms with Gasteiger partial charge >= 0.3 is 0 Å². The fraction of sp³-hybridized carbons (Fsp3) is 0.500. The topological polar surface area (TPSA) is 81.4 Å². The van der Waals surface area contributed by atoms with E-state index in [4.69, 9.17) is 9.88 Å². The molecule has 1 aromatic rings. The van der Waals surface area contributed by atoms with Gasteiger partial charge in [0.2, 0.25) is 10.0 Å². The number of hydrogen-bond donors (Lipinski definition) is 2.